The number of hydrogen-bond donors (Lipinski definition) is 1. The summed E-state index contributed by atoms with van der Waals surface area (Å²) in [7, 11) is -3.34. The van der Waals surface area contributed by atoms with Crippen molar-refractivity contribution in [3.05, 3.63) is 0 Å². The van der Waals surface area contributed by atoms with Gasteiger partial charge in [-0.05, 0) is 33.6 Å². The van der Waals surface area contributed by atoms with Gasteiger partial charge >= 0.3 is 0 Å². The van der Waals surface area contributed by atoms with Crippen LogP contribution in [0.5, 0.6) is 0 Å². The van der Waals surface area contributed by atoms with Crippen LogP contribution >= 0.6 is 0 Å². The van der Waals surface area contributed by atoms with Gasteiger partial charge in [0.05, 0.1) is 10.9 Å². The number of unbranched alkanes of at least 4 members (excludes halogenated alkanes) is 5. The largest absolute Gasteiger partial charge is 0.392 e. The number of aliphatic hydroxyl groups is 1. The van der Waals surface area contributed by atoms with E-state index in [4.69, 9.17) is 0 Å². The van der Waals surface area contributed by atoms with Crippen molar-refractivity contribution in [2.24, 2.45) is 0 Å². The fourth-order valence-electron chi connectivity index (χ4n) is 2.93. The van der Waals surface area contributed by atoms with Gasteiger partial charge < -0.3 is 5.11 Å². The van der Waals surface area contributed by atoms with Crippen LogP contribution in [-0.2, 0) is 10.0 Å². The topological polar surface area (TPSA) is 57.6 Å². The second-order valence-electron chi connectivity index (χ2n) is 7.29. The lowest BCUT2D eigenvalue weighted by Gasteiger charge is -2.31. The molecule has 0 aliphatic carbocycles. The first kappa shape index (κ1) is 18.9. The van der Waals surface area contributed by atoms with E-state index >= 15 is 0 Å². The summed E-state index contributed by atoms with van der Waals surface area (Å²) >= 11 is 0. The van der Waals surface area contributed by atoms with Crippen LogP contribution in [0.25, 0.3) is 0 Å². The number of β-amino-alcohol motifs (C(OH)–C–C–N with tert-alkyl or cyclic N) is 1. The van der Waals surface area contributed by atoms with Crippen molar-refractivity contribution in [3.63, 3.8) is 0 Å². The molecular formula is C16H33NO3S. The maximum absolute atomic E-state index is 12.6. The van der Waals surface area contributed by atoms with Gasteiger partial charge in [-0.15, -0.1) is 0 Å². The van der Waals surface area contributed by atoms with Crippen LogP contribution < -0.4 is 0 Å². The van der Waals surface area contributed by atoms with Crippen LogP contribution in [-0.4, -0.2) is 41.3 Å². The van der Waals surface area contributed by atoms with Crippen LogP contribution in [0.4, 0.5) is 0 Å². The summed E-state index contributed by atoms with van der Waals surface area (Å²) in [6, 6.07) is -0.0181. The quantitative estimate of drug-likeness (QED) is 0.698. The Morgan fingerprint density at radius 3 is 2.24 bits per heavy atom. The fourth-order valence-corrected chi connectivity index (χ4v) is 4.59. The molecule has 0 radical (unpaired) electrons. The Labute approximate surface area is 131 Å². The zero-order valence-electron chi connectivity index (χ0n) is 14.1. The van der Waals surface area contributed by atoms with Crippen molar-refractivity contribution in [1.29, 1.82) is 0 Å². The van der Waals surface area contributed by atoms with Crippen molar-refractivity contribution in [2.75, 3.05) is 6.54 Å². The molecule has 1 aliphatic heterocycles. The molecule has 5 heteroatoms. The Morgan fingerprint density at radius 1 is 1.10 bits per heavy atom. The molecule has 1 saturated heterocycles. The van der Waals surface area contributed by atoms with Gasteiger partial charge in [-0.25, -0.2) is 8.42 Å². The lowest BCUT2D eigenvalue weighted by atomic mass is 10.0. The lowest BCUT2D eigenvalue weighted by Crippen LogP contribution is -2.45. The molecule has 21 heavy (non-hydrogen) atoms. The lowest BCUT2D eigenvalue weighted by molar-refractivity contribution is 0.188. The Balaban J connectivity index is 2.52. The molecule has 0 amide bonds. The van der Waals surface area contributed by atoms with Crippen molar-refractivity contribution >= 4 is 10.0 Å². The minimum absolute atomic E-state index is 0.0181. The van der Waals surface area contributed by atoms with Gasteiger partial charge in [0.25, 0.3) is 0 Å². The number of aliphatic hydroxyl groups excluding tert-OH is 1. The van der Waals surface area contributed by atoms with Crippen LogP contribution in [0.2, 0.25) is 0 Å². The zero-order valence-corrected chi connectivity index (χ0v) is 15.0. The van der Waals surface area contributed by atoms with E-state index in [1.165, 1.54) is 25.7 Å². The molecule has 4 nitrogen and oxygen atoms in total. The van der Waals surface area contributed by atoms with Gasteiger partial charge in [0.1, 0.15) is 0 Å². The van der Waals surface area contributed by atoms with Crippen molar-refractivity contribution in [2.45, 2.75) is 96.0 Å². The number of hydrogen-bond acceptors (Lipinski definition) is 3. The zero-order chi connectivity index (χ0) is 16.1. The van der Waals surface area contributed by atoms with E-state index in [-0.39, 0.29) is 12.6 Å². The van der Waals surface area contributed by atoms with E-state index in [1.54, 1.807) is 25.1 Å². The average Bonchev–Trinajstić information content (AvgIpc) is 2.74. The molecule has 1 rings (SSSR count). The van der Waals surface area contributed by atoms with Crippen molar-refractivity contribution in [3.8, 4) is 0 Å². The van der Waals surface area contributed by atoms with E-state index < -0.39 is 20.9 Å². The summed E-state index contributed by atoms with van der Waals surface area (Å²) in [5.41, 5.74) is 0. The Hall–Kier alpha value is -0.130. The second kappa shape index (κ2) is 7.93. The third-order valence-corrected chi connectivity index (χ3v) is 6.93. The summed E-state index contributed by atoms with van der Waals surface area (Å²) in [5.74, 6) is 0. The molecule has 0 saturated carbocycles. The third kappa shape index (κ3) is 5.22. The highest BCUT2D eigenvalue weighted by Crippen LogP contribution is 2.31. The number of nitrogens with zero attached hydrogens (tertiary/aromatic N) is 1. The Bertz CT molecular complexity index is 400. The molecule has 1 fully saturated rings. The molecule has 0 unspecified atom stereocenters. The maximum Gasteiger partial charge on any atom is 0.219 e. The molecule has 1 heterocycles. The van der Waals surface area contributed by atoms with E-state index in [0.717, 1.165) is 19.3 Å². The molecule has 2 atom stereocenters. The van der Waals surface area contributed by atoms with Gasteiger partial charge in [-0.3, -0.25) is 0 Å². The normalized spacial score (nSPS) is 24.6. The monoisotopic (exact) mass is 319 g/mol. The molecule has 0 aromatic carbocycles. The van der Waals surface area contributed by atoms with Crippen LogP contribution in [0.15, 0.2) is 0 Å². The summed E-state index contributed by atoms with van der Waals surface area (Å²) in [6.45, 7) is 7.66. The van der Waals surface area contributed by atoms with Crippen LogP contribution in [0, 0.1) is 0 Å². The predicted octanol–water partition coefficient (Wildman–Crippen LogP) is 3.30. The second-order valence-corrected chi connectivity index (χ2v) is 9.93. The molecule has 0 aromatic rings. The van der Waals surface area contributed by atoms with Gasteiger partial charge in [-0.2, -0.15) is 4.31 Å². The minimum Gasteiger partial charge on any atom is -0.392 e. The summed E-state index contributed by atoms with van der Waals surface area (Å²) in [5, 5.41) is 9.87. The van der Waals surface area contributed by atoms with Gasteiger partial charge in [0, 0.05) is 12.6 Å². The van der Waals surface area contributed by atoms with Crippen LogP contribution in [0.3, 0.4) is 0 Å². The summed E-state index contributed by atoms with van der Waals surface area (Å²) in [6.07, 6.45) is 8.20. The smallest absolute Gasteiger partial charge is 0.219 e. The first-order chi connectivity index (χ1) is 9.70. The van der Waals surface area contributed by atoms with Gasteiger partial charge in [-0.1, -0.05) is 45.4 Å². The first-order valence-electron chi connectivity index (χ1n) is 8.39. The molecular weight excluding hydrogens is 286 g/mol. The maximum atomic E-state index is 12.6. The third-order valence-electron chi connectivity index (χ3n) is 4.32. The molecule has 1 aliphatic rings. The van der Waals surface area contributed by atoms with Gasteiger partial charge in [0.15, 0.2) is 0 Å². The molecule has 0 bridgehead atoms. The van der Waals surface area contributed by atoms with E-state index in [0.29, 0.717) is 6.42 Å². The molecule has 126 valence electrons. The molecule has 0 spiro atoms. The van der Waals surface area contributed by atoms with Crippen molar-refractivity contribution in [1.82, 2.24) is 4.31 Å². The summed E-state index contributed by atoms with van der Waals surface area (Å²) in [4.78, 5) is 0. The summed E-state index contributed by atoms with van der Waals surface area (Å²) < 4.78 is 26.0. The average molecular weight is 320 g/mol. The Morgan fingerprint density at radius 2 is 1.67 bits per heavy atom. The number of sulfonamides is 1. The highest BCUT2D eigenvalue weighted by atomic mass is 32.2. The Kier molecular flexibility index (Phi) is 7.14. The minimum atomic E-state index is -3.34. The molecule has 0 aromatic heterocycles. The predicted molar refractivity (Wildman–Crippen MR) is 87.8 cm³/mol. The van der Waals surface area contributed by atoms with E-state index in [9.17, 15) is 13.5 Å². The van der Waals surface area contributed by atoms with Crippen LogP contribution in [0.1, 0.15) is 79.1 Å². The first-order valence-corrected chi connectivity index (χ1v) is 9.83. The SMILES string of the molecule is CCCCCCCC[C@H]1C[C@H](O)CN1S(=O)(=O)C(C)(C)C. The highest BCUT2D eigenvalue weighted by molar-refractivity contribution is 7.90. The van der Waals surface area contributed by atoms with E-state index in [1.807, 2.05) is 0 Å². The van der Waals surface area contributed by atoms with E-state index in [2.05, 4.69) is 6.92 Å². The highest BCUT2D eigenvalue weighted by Gasteiger charge is 2.43. The number of rotatable bonds is 8. The molecule has 1 N–H and O–H groups in total. The standard InChI is InChI=1S/C16H33NO3S/c1-5-6-7-8-9-10-11-14-12-15(18)13-17(14)21(19,20)16(2,3)4/h14-15,18H,5-13H2,1-4H3/t14-,15-/m0/s1. The fraction of sp³-hybridized carbons (Fsp3) is 1.00. The van der Waals surface area contributed by atoms with Crippen molar-refractivity contribution < 1.29 is 13.5 Å². The van der Waals surface area contributed by atoms with Gasteiger partial charge in [0.2, 0.25) is 10.0 Å².